The third-order valence-electron chi connectivity index (χ3n) is 3.55. The van der Waals surface area contributed by atoms with Crippen LogP contribution in [0.2, 0.25) is 0 Å². The van der Waals surface area contributed by atoms with Crippen molar-refractivity contribution in [3.63, 3.8) is 0 Å². The van der Waals surface area contributed by atoms with Crippen LogP contribution < -0.4 is 4.72 Å². The third-order valence-corrected chi connectivity index (χ3v) is 5.25. The van der Waals surface area contributed by atoms with Crippen molar-refractivity contribution < 1.29 is 8.42 Å². The second kappa shape index (κ2) is 4.26. The van der Waals surface area contributed by atoms with Gasteiger partial charge in [0, 0.05) is 6.04 Å². The van der Waals surface area contributed by atoms with Crippen molar-refractivity contribution in [1.29, 1.82) is 0 Å². The molecule has 0 aromatic rings. The van der Waals surface area contributed by atoms with Gasteiger partial charge >= 0.3 is 0 Å². The quantitative estimate of drug-likeness (QED) is 0.803. The zero-order valence-corrected chi connectivity index (χ0v) is 10.0. The minimum absolute atomic E-state index is 0.182. The largest absolute Gasteiger partial charge is 0.236 e. The topological polar surface area (TPSA) is 46.2 Å². The van der Waals surface area contributed by atoms with Gasteiger partial charge in [-0.3, -0.25) is 0 Å². The molecule has 86 valence electrons. The Morgan fingerprint density at radius 2 is 2.20 bits per heavy atom. The Kier molecular flexibility index (Phi) is 3.16. The van der Waals surface area contributed by atoms with Gasteiger partial charge in [-0.05, 0) is 38.0 Å². The molecular formula is C11H19NO2S. The number of nitrogens with one attached hydrogen (secondary N) is 1. The minimum Gasteiger partial charge on any atom is -0.208 e. The molecule has 0 heterocycles. The Balaban J connectivity index is 1.92. The standard InChI is InChI=1S/C11H19NO2S/c1-2-9-6-7-10(8-9)12-15(13,14)11-4-3-5-11/h4,9-10,12H,2-3,5-8H2,1H3/t9-,10?/m0/s1. The predicted octanol–water partition coefficient (Wildman–Crippen LogP) is 2.16. The second-order valence-corrected chi connectivity index (χ2v) is 6.38. The molecule has 1 unspecified atom stereocenters. The average Bonchev–Trinajstić information content (AvgIpc) is 2.46. The van der Waals surface area contributed by atoms with Crippen molar-refractivity contribution in [2.45, 2.75) is 51.5 Å². The molecule has 0 aromatic heterocycles. The van der Waals surface area contributed by atoms with Crippen molar-refractivity contribution >= 4 is 10.0 Å². The van der Waals surface area contributed by atoms with Gasteiger partial charge in [0.25, 0.3) is 0 Å². The maximum absolute atomic E-state index is 11.8. The summed E-state index contributed by atoms with van der Waals surface area (Å²) >= 11 is 0. The van der Waals surface area contributed by atoms with Crippen molar-refractivity contribution in [2.75, 3.05) is 0 Å². The van der Waals surface area contributed by atoms with Crippen molar-refractivity contribution in [2.24, 2.45) is 5.92 Å². The maximum atomic E-state index is 11.8. The summed E-state index contributed by atoms with van der Waals surface area (Å²) in [5.74, 6) is 0.716. The van der Waals surface area contributed by atoms with E-state index < -0.39 is 10.0 Å². The summed E-state index contributed by atoms with van der Waals surface area (Å²) in [7, 11) is -3.13. The summed E-state index contributed by atoms with van der Waals surface area (Å²) in [5.41, 5.74) is 0. The molecule has 0 amide bonds. The molecule has 0 aromatic carbocycles. The highest BCUT2D eigenvalue weighted by Gasteiger charge is 2.29. The number of allylic oxidation sites excluding steroid dienone is 2. The van der Waals surface area contributed by atoms with Crippen LogP contribution in [0.3, 0.4) is 0 Å². The van der Waals surface area contributed by atoms with E-state index in [2.05, 4.69) is 11.6 Å². The summed E-state index contributed by atoms with van der Waals surface area (Å²) in [4.78, 5) is 0.599. The molecule has 0 radical (unpaired) electrons. The lowest BCUT2D eigenvalue weighted by molar-refractivity contribution is 0.505. The SMILES string of the molecule is CC[C@H]1CCC(NS(=O)(=O)C2=CCC2)C1. The van der Waals surface area contributed by atoms with Gasteiger partial charge in [-0.25, -0.2) is 13.1 Å². The van der Waals surface area contributed by atoms with Crippen LogP contribution >= 0.6 is 0 Å². The van der Waals surface area contributed by atoms with Crippen molar-refractivity contribution in [3.8, 4) is 0 Å². The monoisotopic (exact) mass is 229 g/mol. The normalized spacial score (nSPS) is 31.1. The summed E-state index contributed by atoms with van der Waals surface area (Å²) in [6.45, 7) is 2.18. The first-order valence-electron chi connectivity index (χ1n) is 5.83. The first-order valence-corrected chi connectivity index (χ1v) is 7.31. The average molecular weight is 229 g/mol. The van der Waals surface area contributed by atoms with E-state index in [0.29, 0.717) is 10.8 Å². The van der Waals surface area contributed by atoms with Gasteiger partial charge in [-0.2, -0.15) is 0 Å². The fourth-order valence-corrected chi connectivity index (χ4v) is 3.88. The number of rotatable bonds is 4. The van der Waals surface area contributed by atoms with E-state index in [1.807, 2.05) is 6.08 Å². The number of sulfonamides is 1. The molecule has 1 N–H and O–H groups in total. The van der Waals surface area contributed by atoms with Crippen LogP contribution in [-0.4, -0.2) is 14.5 Å². The van der Waals surface area contributed by atoms with Crippen LogP contribution in [-0.2, 0) is 10.0 Å². The van der Waals surface area contributed by atoms with E-state index in [0.717, 1.165) is 25.7 Å². The molecule has 0 aliphatic heterocycles. The van der Waals surface area contributed by atoms with Gasteiger partial charge in [0.15, 0.2) is 0 Å². The van der Waals surface area contributed by atoms with E-state index in [1.165, 1.54) is 12.8 Å². The second-order valence-electron chi connectivity index (χ2n) is 4.61. The lowest BCUT2D eigenvalue weighted by Crippen LogP contribution is -2.34. The molecule has 3 nitrogen and oxygen atoms in total. The highest BCUT2D eigenvalue weighted by Crippen LogP contribution is 2.30. The van der Waals surface area contributed by atoms with Gasteiger partial charge in [0.05, 0.1) is 4.91 Å². The van der Waals surface area contributed by atoms with Crippen LogP contribution in [0.15, 0.2) is 11.0 Å². The maximum Gasteiger partial charge on any atom is 0.236 e. The zero-order valence-electron chi connectivity index (χ0n) is 9.20. The van der Waals surface area contributed by atoms with Crippen molar-refractivity contribution in [1.82, 2.24) is 4.72 Å². The molecule has 4 heteroatoms. The van der Waals surface area contributed by atoms with Gasteiger partial charge in [0.1, 0.15) is 0 Å². The third kappa shape index (κ3) is 2.42. The molecular weight excluding hydrogens is 210 g/mol. The van der Waals surface area contributed by atoms with E-state index in [9.17, 15) is 8.42 Å². The molecule has 0 spiro atoms. The first-order chi connectivity index (χ1) is 7.12. The summed E-state index contributed by atoms with van der Waals surface area (Å²) < 4.78 is 26.4. The Morgan fingerprint density at radius 1 is 1.47 bits per heavy atom. The number of hydrogen-bond donors (Lipinski definition) is 1. The molecule has 2 aliphatic carbocycles. The predicted molar refractivity (Wildman–Crippen MR) is 60.8 cm³/mol. The van der Waals surface area contributed by atoms with E-state index in [4.69, 9.17) is 0 Å². The van der Waals surface area contributed by atoms with E-state index in [-0.39, 0.29) is 6.04 Å². The summed E-state index contributed by atoms with van der Waals surface area (Å²) in [5, 5.41) is 0. The Bertz CT molecular complexity index is 359. The Hall–Kier alpha value is -0.350. The molecule has 0 saturated heterocycles. The van der Waals surface area contributed by atoms with Crippen LogP contribution in [0.1, 0.15) is 45.4 Å². The lowest BCUT2D eigenvalue weighted by Gasteiger charge is -2.19. The number of hydrogen-bond acceptors (Lipinski definition) is 2. The van der Waals surface area contributed by atoms with Gasteiger partial charge in [-0.1, -0.05) is 19.4 Å². The van der Waals surface area contributed by atoms with Crippen LogP contribution in [0, 0.1) is 5.92 Å². The molecule has 15 heavy (non-hydrogen) atoms. The fraction of sp³-hybridized carbons (Fsp3) is 0.818. The highest BCUT2D eigenvalue weighted by atomic mass is 32.2. The minimum atomic E-state index is -3.13. The molecule has 2 aliphatic rings. The zero-order chi connectivity index (χ0) is 10.9. The summed E-state index contributed by atoms with van der Waals surface area (Å²) in [6, 6.07) is 0.182. The van der Waals surface area contributed by atoms with Crippen molar-refractivity contribution in [3.05, 3.63) is 11.0 Å². The Labute approximate surface area is 92.0 Å². The van der Waals surface area contributed by atoms with E-state index in [1.54, 1.807) is 0 Å². The molecule has 2 rings (SSSR count). The molecule has 0 bridgehead atoms. The molecule has 1 fully saturated rings. The van der Waals surface area contributed by atoms with Gasteiger partial charge in [-0.15, -0.1) is 0 Å². The highest BCUT2D eigenvalue weighted by molar-refractivity contribution is 7.93. The fourth-order valence-electron chi connectivity index (χ4n) is 2.35. The molecule has 2 atom stereocenters. The summed E-state index contributed by atoms with van der Waals surface area (Å²) in [6.07, 6.45) is 7.81. The molecule has 1 saturated carbocycles. The van der Waals surface area contributed by atoms with Gasteiger partial charge < -0.3 is 0 Å². The van der Waals surface area contributed by atoms with Gasteiger partial charge in [0.2, 0.25) is 10.0 Å². The van der Waals surface area contributed by atoms with Crippen LogP contribution in [0.4, 0.5) is 0 Å². The van der Waals surface area contributed by atoms with Crippen LogP contribution in [0.25, 0.3) is 0 Å². The first kappa shape index (κ1) is 11.1. The Morgan fingerprint density at radius 3 is 2.67 bits per heavy atom. The van der Waals surface area contributed by atoms with Crippen LogP contribution in [0.5, 0.6) is 0 Å². The van der Waals surface area contributed by atoms with E-state index >= 15 is 0 Å². The smallest absolute Gasteiger partial charge is 0.208 e. The lowest BCUT2D eigenvalue weighted by atomic mass is 10.1.